The molecular formula is C23H39N3. The van der Waals surface area contributed by atoms with Crippen molar-refractivity contribution >= 4 is 0 Å². The Morgan fingerprint density at radius 3 is 2.62 bits per heavy atom. The Morgan fingerprint density at radius 2 is 1.92 bits per heavy atom. The van der Waals surface area contributed by atoms with Crippen LogP contribution in [0.15, 0.2) is 24.5 Å². The molecule has 3 rings (SSSR count). The number of likely N-dealkylation sites (tertiary alicyclic amines) is 1. The predicted molar refractivity (Wildman–Crippen MR) is 110 cm³/mol. The first-order chi connectivity index (χ1) is 12.5. The molecule has 146 valence electrons. The van der Waals surface area contributed by atoms with Gasteiger partial charge >= 0.3 is 0 Å². The van der Waals surface area contributed by atoms with Crippen molar-refractivity contribution in [3.05, 3.63) is 30.1 Å². The molecule has 1 atom stereocenters. The van der Waals surface area contributed by atoms with Crippen LogP contribution in [0.2, 0.25) is 0 Å². The first kappa shape index (κ1) is 19.8. The molecule has 0 amide bonds. The minimum absolute atomic E-state index is 0.333. The molecule has 1 aromatic heterocycles. The number of pyridine rings is 1. The van der Waals surface area contributed by atoms with E-state index < -0.39 is 0 Å². The molecule has 1 aliphatic carbocycles. The van der Waals surface area contributed by atoms with Crippen LogP contribution in [0.1, 0.15) is 71.3 Å². The van der Waals surface area contributed by atoms with Crippen LogP contribution in [0.3, 0.4) is 0 Å². The Morgan fingerprint density at radius 1 is 1.12 bits per heavy atom. The van der Waals surface area contributed by atoms with Gasteiger partial charge in [0.1, 0.15) is 0 Å². The average molecular weight is 358 g/mol. The maximum atomic E-state index is 4.32. The summed E-state index contributed by atoms with van der Waals surface area (Å²) in [6, 6.07) is 5.16. The molecule has 0 N–H and O–H groups in total. The fourth-order valence-corrected chi connectivity index (χ4v) is 4.99. The number of rotatable bonds is 6. The molecule has 0 spiro atoms. The molecule has 0 aromatic carbocycles. The zero-order valence-corrected chi connectivity index (χ0v) is 17.3. The normalized spacial score (nSPS) is 23.5. The number of hydrogen-bond donors (Lipinski definition) is 0. The minimum Gasteiger partial charge on any atom is -0.300 e. The molecule has 0 bridgehead atoms. The van der Waals surface area contributed by atoms with Crippen LogP contribution < -0.4 is 0 Å². The van der Waals surface area contributed by atoms with E-state index in [0.29, 0.717) is 5.41 Å². The van der Waals surface area contributed by atoms with Gasteiger partial charge in [-0.25, -0.2) is 0 Å². The maximum absolute atomic E-state index is 4.32. The van der Waals surface area contributed by atoms with Crippen LogP contribution in [0, 0.1) is 11.3 Å². The van der Waals surface area contributed by atoms with Crippen LogP contribution >= 0.6 is 0 Å². The van der Waals surface area contributed by atoms with E-state index in [2.05, 4.69) is 47.7 Å². The first-order valence-corrected chi connectivity index (χ1v) is 10.8. The van der Waals surface area contributed by atoms with Crippen molar-refractivity contribution in [3.63, 3.8) is 0 Å². The third-order valence-electron chi connectivity index (χ3n) is 5.98. The Hall–Kier alpha value is -0.930. The van der Waals surface area contributed by atoms with Crippen molar-refractivity contribution in [1.82, 2.24) is 14.8 Å². The van der Waals surface area contributed by atoms with Gasteiger partial charge < -0.3 is 4.90 Å². The Balaban J connectivity index is 1.59. The van der Waals surface area contributed by atoms with E-state index >= 15 is 0 Å². The summed E-state index contributed by atoms with van der Waals surface area (Å²) in [5.74, 6) is 0.824. The Kier molecular flexibility index (Phi) is 7.11. The zero-order chi connectivity index (χ0) is 18.4. The van der Waals surface area contributed by atoms with Crippen molar-refractivity contribution in [2.45, 2.75) is 78.3 Å². The molecule has 2 aliphatic rings. The van der Waals surface area contributed by atoms with Gasteiger partial charge in [-0.3, -0.25) is 9.88 Å². The molecule has 26 heavy (non-hydrogen) atoms. The van der Waals surface area contributed by atoms with Gasteiger partial charge in [0, 0.05) is 44.6 Å². The first-order valence-electron chi connectivity index (χ1n) is 10.8. The molecule has 1 saturated heterocycles. The van der Waals surface area contributed by atoms with E-state index in [-0.39, 0.29) is 0 Å². The van der Waals surface area contributed by atoms with Gasteiger partial charge in [0.25, 0.3) is 0 Å². The van der Waals surface area contributed by atoms with E-state index in [0.717, 1.165) is 25.0 Å². The molecule has 1 saturated carbocycles. The average Bonchev–Trinajstić information content (AvgIpc) is 2.62. The number of aromatic nitrogens is 1. The van der Waals surface area contributed by atoms with Crippen molar-refractivity contribution in [2.75, 3.05) is 26.2 Å². The van der Waals surface area contributed by atoms with Crippen LogP contribution in [0.5, 0.6) is 0 Å². The lowest BCUT2D eigenvalue weighted by Gasteiger charge is -2.42. The summed E-state index contributed by atoms with van der Waals surface area (Å²) >= 11 is 0. The second-order valence-corrected chi connectivity index (χ2v) is 9.89. The monoisotopic (exact) mass is 357 g/mol. The lowest BCUT2D eigenvalue weighted by atomic mass is 9.89. The third-order valence-corrected chi connectivity index (χ3v) is 5.98. The van der Waals surface area contributed by atoms with Gasteiger partial charge in [-0.1, -0.05) is 46.1 Å². The van der Waals surface area contributed by atoms with Gasteiger partial charge in [0.2, 0.25) is 0 Å². The molecule has 3 nitrogen and oxygen atoms in total. The van der Waals surface area contributed by atoms with Gasteiger partial charge in [0.05, 0.1) is 0 Å². The third kappa shape index (κ3) is 6.35. The van der Waals surface area contributed by atoms with E-state index in [1.807, 2.05) is 12.4 Å². The highest BCUT2D eigenvalue weighted by molar-refractivity contribution is 5.08. The van der Waals surface area contributed by atoms with Gasteiger partial charge in [-0.15, -0.1) is 0 Å². The number of piperidine rings is 1. The lowest BCUT2D eigenvalue weighted by Crippen LogP contribution is -2.47. The number of hydrogen-bond acceptors (Lipinski definition) is 3. The Labute approximate surface area is 161 Å². The molecule has 1 aliphatic heterocycles. The van der Waals surface area contributed by atoms with E-state index in [1.54, 1.807) is 0 Å². The number of nitrogens with zero attached hydrogens (tertiary/aromatic N) is 3. The topological polar surface area (TPSA) is 19.4 Å². The lowest BCUT2D eigenvalue weighted by molar-refractivity contribution is 0.0702. The van der Waals surface area contributed by atoms with Gasteiger partial charge in [0.15, 0.2) is 0 Å². The Bertz CT molecular complexity index is 516. The second-order valence-electron chi connectivity index (χ2n) is 9.89. The quantitative estimate of drug-likeness (QED) is 0.716. The zero-order valence-electron chi connectivity index (χ0n) is 17.3. The molecular weight excluding hydrogens is 318 g/mol. The summed E-state index contributed by atoms with van der Waals surface area (Å²) in [5.41, 5.74) is 1.68. The smallest absolute Gasteiger partial charge is 0.0312 e. The van der Waals surface area contributed by atoms with Gasteiger partial charge in [-0.05, 0) is 55.2 Å². The highest BCUT2D eigenvalue weighted by Crippen LogP contribution is 2.28. The molecule has 0 unspecified atom stereocenters. The van der Waals surface area contributed by atoms with E-state index in [1.165, 1.54) is 70.1 Å². The largest absolute Gasteiger partial charge is 0.300 e. The molecule has 0 radical (unpaired) electrons. The SMILES string of the molecule is CC(C)(C)CN(Cc1cccnc1)C[C@H]1CCCN(C2CCCCC2)C1. The van der Waals surface area contributed by atoms with Crippen molar-refractivity contribution in [3.8, 4) is 0 Å². The summed E-state index contributed by atoms with van der Waals surface area (Å²) in [6.07, 6.45) is 13.9. The van der Waals surface area contributed by atoms with E-state index in [4.69, 9.17) is 0 Å². The molecule has 2 fully saturated rings. The summed E-state index contributed by atoms with van der Waals surface area (Å²) in [6.45, 7) is 13.2. The minimum atomic E-state index is 0.333. The van der Waals surface area contributed by atoms with Crippen LogP contribution in [-0.2, 0) is 6.54 Å². The standard InChI is InChI=1S/C23H39N3/c1-23(2,3)19-25(16-20-9-7-13-24-15-20)17-21-10-8-14-26(18-21)22-11-5-4-6-12-22/h7,9,13,15,21-22H,4-6,8,10-12,14,16-19H2,1-3H3/t21-/m1/s1. The highest BCUT2D eigenvalue weighted by Gasteiger charge is 2.28. The van der Waals surface area contributed by atoms with Crippen molar-refractivity contribution in [1.29, 1.82) is 0 Å². The van der Waals surface area contributed by atoms with Gasteiger partial charge in [-0.2, -0.15) is 0 Å². The van der Waals surface area contributed by atoms with Crippen LogP contribution in [0.4, 0.5) is 0 Å². The van der Waals surface area contributed by atoms with E-state index in [9.17, 15) is 0 Å². The fraction of sp³-hybridized carbons (Fsp3) is 0.783. The van der Waals surface area contributed by atoms with Crippen LogP contribution in [-0.4, -0.2) is 47.0 Å². The van der Waals surface area contributed by atoms with Crippen LogP contribution in [0.25, 0.3) is 0 Å². The summed E-state index contributed by atoms with van der Waals surface area (Å²) < 4.78 is 0. The second kappa shape index (κ2) is 9.32. The highest BCUT2D eigenvalue weighted by atomic mass is 15.2. The molecule has 2 heterocycles. The summed E-state index contributed by atoms with van der Waals surface area (Å²) in [5, 5.41) is 0. The fourth-order valence-electron chi connectivity index (χ4n) is 4.99. The molecule has 1 aromatic rings. The predicted octanol–water partition coefficient (Wildman–Crippen LogP) is 4.97. The molecule has 3 heteroatoms. The summed E-state index contributed by atoms with van der Waals surface area (Å²) in [4.78, 5) is 9.85. The van der Waals surface area contributed by atoms with Crippen molar-refractivity contribution in [2.24, 2.45) is 11.3 Å². The van der Waals surface area contributed by atoms with Crippen molar-refractivity contribution < 1.29 is 0 Å². The maximum Gasteiger partial charge on any atom is 0.0312 e. The summed E-state index contributed by atoms with van der Waals surface area (Å²) in [7, 11) is 0.